The molecule has 9 nitrogen and oxygen atoms in total. The van der Waals surface area contributed by atoms with Crippen molar-refractivity contribution in [2.24, 2.45) is 0 Å². The summed E-state index contributed by atoms with van der Waals surface area (Å²) in [4.78, 5) is 42.2. The lowest BCUT2D eigenvalue weighted by atomic mass is 9.98. The molecule has 1 N–H and O–H groups in total. The Balaban J connectivity index is 2.45. The molecule has 184 valence electrons. The SMILES string of the molecule is CC(=O)O[C@@H](C(=O)OC(C)(C)C)[C@H]1OCCN(c2ccc(C(F)(F)F)c(C(C)(C)O)n2)C1=O. The van der Waals surface area contributed by atoms with E-state index in [2.05, 4.69) is 4.98 Å². The minimum Gasteiger partial charge on any atom is -0.457 e. The molecule has 0 aliphatic carbocycles. The second-order valence-electron chi connectivity index (χ2n) is 8.97. The highest BCUT2D eigenvalue weighted by molar-refractivity contribution is 6.00. The summed E-state index contributed by atoms with van der Waals surface area (Å²) in [5.74, 6) is -2.94. The number of anilines is 1. The first-order valence-electron chi connectivity index (χ1n) is 10.1. The molecule has 1 fully saturated rings. The fourth-order valence-corrected chi connectivity index (χ4v) is 3.12. The topological polar surface area (TPSA) is 115 Å². The Kier molecular flexibility index (Phi) is 7.44. The molecule has 1 aromatic heterocycles. The largest absolute Gasteiger partial charge is 0.457 e. The number of hydrogen-bond acceptors (Lipinski definition) is 8. The number of esters is 2. The van der Waals surface area contributed by atoms with Crippen LogP contribution in [0.25, 0.3) is 0 Å². The van der Waals surface area contributed by atoms with E-state index in [4.69, 9.17) is 14.2 Å². The number of alkyl halides is 3. The van der Waals surface area contributed by atoms with E-state index >= 15 is 0 Å². The second kappa shape index (κ2) is 9.26. The Hall–Kier alpha value is -2.73. The van der Waals surface area contributed by atoms with Gasteiger partial charge in [-0.2, -0.15) is 13.2 Å². The maximum atomic E-state index is 13.4. The zero-order chi connectivity index (χ0) is 25.4. The van der Waals surface area contributed by atoms with Gasteiger partial charge in [0.05, 0.1) is 24.4 Å². The lowest BCUT2D eigenvalue weighted by molar-refractivity contribution is -0.188. The average Bonchev–Trinajstić information content (AvgIpc) is 2.63. The van der Waals surface area contributed by atoms with Crippen LogP contribution in [0.2, 0.25) is 0 Å². The summed E-state index contributed by atoms with van der Waals surface area (Å²) in [6.07, 6.45) is -8.12. The summed E-state index contributed by atoms with van der Waals surface area (Å²) < 4.78 is 55.8. The van der Waals surface area contributed by atoms with E-state index in [0.29, 0.717) is 6.07 Å². The van der Waals surface area contributed by atoms with Gasteiger partial charge in [0.1, 0.15) is 17.0 Å². The normalized spacial score (nSPS) is 18.7. The molecule has 0 spiro atoms. The van der Waals surface area contributed by atoms with Crippen molar-refractivity contribution in [2.45, 2.75) is 71.1 Å². The molecule has 2 rings (SSSR count). The van der Waals surface area contributed by atoms with Crippen molar-refractivity contribution in [1.29, 1.82) is 0 Å². The Morgan fingerprint density at radius 3 is 2.30 bits per heavy atom. The van der Waals surface area contributed by atoms with E-state index in [-0.39, 0.29) is 19.0 Å². The highest BCUT2D eigenvalue weighted by Crippen LogP contribution is 2.37. The van der Waals surface area contributed by atoms with Gasteiger partial charge < -0.3 is 19.3 Å². The van der Waals surface area contributed by atoms with Crippen molar-refractivity contribution in [3.63, 3.8) is 0 Å². The van der Waals surface area contributed by atoms with Crippen LogP contribution in [-0.2, 0) is 40.4 Å². The van der Waals surface area contributed by atoms with Gasteiger partial charge in [0.25, 0.3) is 5.91 Å². The van der Waals surface area contributed by atoms with Crippen molar-refractivity contribution < 1.29 is 46.9 Å². The van der Waals surface area contributed by atoms with Crippen molar-refractivity contribution in [1.82, 2.24) is 4.98 Å². The summed E-state index contributed by atoms with van der Waals surface area (Å²) in [5, 5.41) is 10.2. The summed E-state index contributed by atoms with van der Waals surface area (Å²) in [6, 6.07) is 1.69. The van der Waals surface area contributed by atoms with Crippen molar-refractivity contribution >= 4 is 23.7 Å². The lowest BCUT2D eigenvalue weighted by Crippen LogP contribution is -2.56. The predicted molar refractivity (Wildman–Crippen MR) is 108 cm³/mol. The third kappa shape index (κ3) is 6.64. The molecule has 0 unspecified atom stereocenters. The zero-order valence-corrected chi connectivity index (χ0v) is 19.1. The van der Waals surface area contributed by atoms with Crippen LogP contribution in [0, 0.1) is 0 Å². The molecule has 0 radical (unpaired) electrons. The molecule has 1 saturated heterocycles. The van der Waals surface area contributed by atoms with E-state index in [1.807, 2.05) is 0 Å². The first-order valence-corrected chi connectivity index (χ1v) is 10.1. The molecular weight excluding hydrogens is 449 g/mol. The molecule has 1 aromatic rings. The van der Waals surface area contributed by atoms with E-state index in [1.165, 1.54) is 0 Å². The van der Waals surface area contributed by atoms with Gasteiger partial charge in [-0.05, 0) is 46.8 Å². The molecule has 0 aromatic carbocycles. The number of hydrogen-bond donors (Lipinski definition) is 1. The van der Waals surface area contributed by atoms with E-state index in [9.17, 15) is 32.7 Å². The van der Waals surface area contributed by atoms with Gasteiger partial charge in [-0.15, -0.1) is 0 Å². The fourth-order valence-electron chi connectivity index (χ4n) is 3.12. The van der Waals surface area contributed by atoms with Crippen LogP contribution in [0.5, 0.6) is 0 Å². The minimum absolute atomic E-state index is 0.0971. The average molecular weight is 476 g/mol. The number of morpholine rings is 1. The number of carbonyl (C=O) groups excluding carboxylic acids is 3. The highest BCUT2D eigenvalue weighted by Gasteiger charge is 2.45. The van der Waals surface area contributed by atoms with Gasteiger partial charge in [0, 0.05) is 6.92 Å². The Bertz CT molecular complexity index is 920. The summed E-state index contributed by atoms with van der Waals surface area (Å²) in [6.45, 7) is 7.82. The van der Waals surface area contributed by atoms with Crippen LogP contribution in [-0.4, -0.2) is 58.9 Å². The first kappa shape index (κ1) is 26.5. The zero-order valence-electron chi connectivity index (χ0n) is 19.1. The maximum Gasteiger partial charge on any atom is 0.418 e. The third-order valence-electron chi connectivity index (χ3n) is 4.37. The standard InChI is InChI=1S/C21H27F3N2O7/c1-11(27)32-15(18(29)33-19(2,3)4)14-17(28)26(9-10-31-14)13-8-7-12(21(22,23)24)16(25-13)20(5,6)30/h7-8,14-15,30H,9-10H2,1-6H3/t14-,15-/m1/s1. The lowest BCUT2D eigenvalue weighted by Gasteiger charge is -2.35. The van der Waals surface area contributed by atoms with Crippen LogP contribution in [0.1, 0.15) is 52.8 Å². The molecule has 1 aliphatic rings. The molecule has 1 aliphatic heterocycles. The van der Waals surface area contributed by atoms with Crippen LogP contribution in [0.15, 0.2) is 12.1 Å². The molecule has 12 heteroatoms. The van der Waals surface area contributed by atoms with Gasteiger partial charge in [-0.25, -0.2) is 9.78 Å². The Labute approximate surface area is 188 Å². The summed E-state index contributed by atoms with van der Waals surface area (Å²) in [5.41, 5.74) is -4.75. The number of halogens is 3. The molecule has 1 amide bonds. The number of carbonyl (C=O) groups is 3. The third-order valence-corrected chi connectivity index (χ3v) is 4.37. The van der Waals surface area contributed by atoms with Crippen LogP contribution in [0.3, 0.4) is 0 Å². The highest BCUT2D eigenvalue weighted by atomic mass is 19.4. The Morgan fingerprint density at radius 2 is 1.82 bits per heavy atom. The smallest absolute Gasteiger partial charge is 0.418 e. The number of ether oxygens (including phenoxy) is 3. The van der Waals surface area contributed by atoms with Gasteiger partial charge in [0.2, 0.25) is 6.10 Å². The fraction of sp³-hybridized carbons (Fsp3) is 0.619. The summed E-state index contributed by atoms with van der Waals surface area (Å²) in [7, 11) is 0. The van der Waals surface area contributed by atoms with Crippen molar-refractivity contribution in [3.05, 3.63) is 23.4 Å². The number of rotatable bonds is 5. The quantitative estimate of drug-likeness (QED) is 0.644. The van der Waals surface area contributed by atoms with E-state index in [0.717, 1.165) is 31.7 Å². The summed E-state index contributed by atoms with van der Waals surface area (Å²) >= 11 is 0. The van der Waals surface area contributed by atoms with Crippen LogP contribution in [0.4, 0.5) is 19.0 Å². The number of nitrogens with zero attached hydrogens (tertiary/aromatic N) is 2. The maximum absolute atomic E-state index is 13.4. The van der Waals surface area contributed by atoms with Gasteiger partial charge in [-0.1, -0.05) is 0 Å². The monoisotopic (exact) mass is 476 g/mol. The minimum atomic E-state index is -4.78. The van der Waals surface area contributed by atoms with E-state index < -0.39 is 58.7 Å². The van der Waals surface area contributed by atoms with E-state index in [1.54, 1.807) is 20.8 Å². The molecule has 2 atom stereocenters. The molecule has 2 heterocycles. The molecular formula is C21H27F3N2O7. The van der Waals surface area contributed by atoms with Crippen LogP contribution >= 0.6 is 0 Å². The molecule has 33 heavy (non-hydrogen) atoms. The second-order valence-corrected chi connectivity index (χ2v) is 8.97. The van der Waals surface area contributed by atoms with Gasteiger partial charge in [-0.3, -0.25) is 14.5 Å². The number of amides is 1. The van der Waals surface area contributed by atoms with Gasteiger partial charge >= 0.3 is 18.1 Å². The van der Waals surface area contributed by atoms with Crippen molar-refractivity contribution in [3.8, 4) is 0 Å². The number of pyridine rings is 1. The first-order chi connectivity index (χ1) is 14.9. The number of aliphatic hydroxyl groups is 1. The van der Waals surface area contributed by atoms with Crippen molar-refractivity contribution in [2.75, 3.05) is 18.1 Å². The number of aromatic nitrogens is 1. The molecule has 0 saturated carbocycles. The van der Waals surface area contributed by atoms with Gasteiger partial charge in [0.15, 0.2) is 6.10 Å². The van der Waals surface area contributed by atoms with Crippen LogP contribution < -0.4 is 4.90 Å². The molecule has 0 bridgehead atoms. The Morgan fingerprint density at radius 1 is 1.21 bits per heavy atom. The predicted octanol–water partition coefficient (Wildman–Crippen LogP) is 2.33.